The molecule has 0 spiro atoms. The van der Waals surface area contributed by atoms with Crippen LogP contribution in [-0.4, -0.2) is 12.1 Å². The van der Waals surface area contributed by atoms with Gasteiger partial charge in [0.15, 0.2) is 0 Å². The smallest absolute Gasteiger partial charge is 0.255 e. The first-order chi connectivity index (χ1) is 18.8. The lowest BCUT2D eigenvalue weighted by Gasteiger charge is -2.33. The minimum Gasteiger partial charge on any atom is -0.489 e. The molecule has 5 rings (SSSR count). The van der Waals surface area contributed by atoms with Crippen LogP contribution in [0.4, 0.5) is 5.00 Å². The maximum Gasteiger partial charge on any atom is 0.255 e. The molecule has 1 amide bonds. The largest absolute Gasteiger partial charge is 0.489 e. The van der Waals surface area contributed by atoms with Gasteiger partial charge in [0.1, 0.15) is 23.1 Å². The molecule has 2 aromatic heterocycles. The molecule has 2 aromatic carbocycles. The molecule has 39 heavy (non-hydrogen) atoms. The summed E-state index contributed by atoms with van der Waals surface area (Å²) in [4.78, 5) is 19.5. The van der Waals surface area contributed by atoms with Crippen LogP contribution in [0.3, 0.4) is 0 Å². The third-order valence-electron chi connectivity index (χ3n) is 7.26. The number of ether oxygens (including phenoxy) is 1. The Morgan fingerprint density at radius 1 is 1.15 bits per heavy atom. The van der Waals surface area contributed by atoms with Crippen molar-refractivity contribution in [3.63, 3.8) is 0 Å². The van der Waals surface area contributed by atoms with E-state index in [9.17, 15) is 4.79 Å². The fourth-order valence-corrected chi connectivity index (χ4v) is 6.32. The summed E-state index contributed by atoms with van der Waals surface area (Å²) in [5.41, 5.74) is 3.94. The monoisotopic (exact) mass is 560 g/mol. The Labute approximate surface area is 238 Å². The summed E-state index contributed by atoms with van der Waals surface area (Å²) < 4.78 is 11.3. The molecule has 0 bridgehead atoms. The van der Waals surface area contributed by atoms with E-state index in [1.165, 1.54) is 4.88 Å². The van der Waals surface area contributed by atoms with Crippen molar-refractivity contribution in [2.24, 2.45) is 16.3 Å². The number of halogens is 1. The van der Waals surface area contributed by atoms with Gasteiger partial charge in [0.05, 0.1) is 18.4 Å². The summed E-state index contributed by atoms with van der Waals surface area (Å²) in [6.07, 6.45) is 6.38. The topological polar surface area (TPSA) is 63.8 Å². The number of aliphatic imine (C=N–C) groups is 1. The van der Waals surface area contributed by atoms with Crippen molar-refractivity contribution in [3.8, 4) is 5.75 Å². The minimum absolute atomic E-state index is 0.103. The van der Waals surface area contributed by atoms with Crippen molar-refractivity contribution in [3.05, 3.63) is 105 Å². The Morgan fingerprint density at radius 2 is 1.95 bits per heavy atom. The number of furan rings is 1. The number of hydrogen-bond acceptors (Lipinski definition) is 5. The summed E-state index contributed by atoms with van der Waals surface area (Å²) in [6, 6.07) is 19.1. The molecule has 0 fully saturated rings. The van der Waals surface area contributed by atoms with E-state index in [1.54, 1.807) is 17.6 Å². The molecule has 0 saturated heterocycles. The molecule has 5 nitrogen and oxygen atoms in total. The van der Waals surface area contributed by atoms with Gasteiger partial charge in [-0.05, 0) is 84.2 Å². The summed E-state index contributed by atoms with van der Waals surface area (Å²) in [5, 5.41) is 4.48. The summed E-state index contributed by atoms with van der Waals surface area (Å²) in [5.74, 6) is 1.96. The number of carbonyl (C=O) groups is 1. The SMILES string of the molecule is CC(C)(C)[C@@H]1CCc2c(sc(N=Cc3ccc(OCc4ccccc4Cl)cc3)c2C(=O)NCc2ccco2)C1. The number of benzene rings is 2. The first-order valence-corrected chi connectivity index (χ1v) is 14.4. The van der Waals surface area contributed by atoms with E-state index in [2.05, 4.69) is 26.1 Å². The first kappa shape index (κ1) is 27.2. The summed E-state index contributed by atoms with van der Waals surface area (Å²) in [7, 11) is 0. The number of rotatable bonds is 8. The van der Waals surface area contributed by atoms with Crippen LogP contribution in [0.1, 0.15) is 64.9 Å². The second-order valence-electron chi connectivity index (χ2n) is 11.0. The van der Waals surface area contributed by atoms with E-state index >= 15 is 0 Å². The molecule has 0 unspecified atom stereocenters. The average Bonchev–Trinajstić information content (AvgIpc) is 3.57. The molecule has 0 aliphatic heterocycles. The highest BCUT2D eigenvalue weighted by Gasteiger charge is 2.33. The number of fused-ring (bicyclic) bond motifs is 1. The van der Waals surface area contributed by atoms with Gasteiger partial charge in [-0.3, -0.25) is 4.79 Å². The number of nitrogens with one attached hydrogen (secondary N) is 1. The second kappa shape index (κ2) is 11.8. The molecule has 1 N–H and O–H groups in total. The molecule has 4 aromatic rings. The normalized spacial score (nSPS) is 15.3. The molecule has 1 atom stereocenters. The Kier molecular flexibility index (Phi) is 8.24. The summed E-state index contributed by atoms with van der Waals surface area (Å²) >= 11 is 7.88. The predicted molar refractivity (Wildman–Crippen MR) is 159 cm³/mol. The molecule has 2 heterocycles. The van der Waals surface area contributed by atoms with Crippen molar-refractivity contribution in [2.75, 3.05) is 0 Å². The van der Waals surface area contributed by atoms with Crippen molar-refractivity contribution < 1.29 is 13.9 Å². The van der Waals surface area contributed by atoms with E-state index < -0.39 is 0 Å². The molecule has 0 radical (unpaired) electrons. The third-order valence-corrected chi connectivity index (χ3v) is 8.80. The quantitative estimate of drug-likeness (QED) is 0.220. The molecule has 7 heteroatoms. The Morgan fingerprint density at radius 3 is 2.67 bits per heavy atom. The van der Waals surface area contributed by atoms with Crippen LogP contribution in [0.5, 0.6) is 5.75 Å². The van der Waals surface area contributed by atoms with Crippen LogP contribution in [0, 0.1) is 11.3 Å². The van der Waals surface area contributed by atoms with Crippen molar-refractivity contribution in [2.45, 2.75) is 53.2 Å². The highest BCUT2D eigenvalue weighted by atomic mass is 35.5. The Balaban J connectivity index is 1.34. The Hall–Kier alpha value is -3.35. The van der Waals surface area contributed by atoms with E-state index in [0.717, 1.165) is 52.5 Å². The fraction of sp³-hybridized carbons (Fsp3) is 0.312. The van der Waals surface area contributed by atoms with Gasteiger partial charge in [-0.25, -0.2) is 4.99 Å². The molecular weight excluding hydrogens is 528 g/mol. The highest BCUT2D eigenvalue weighted by molar-refractivity contribution is 7.16. The third kappa shape index (κ3) is 6.63. The first-order valence-electron chi connectivity index (χ1n) is 13.2. The van der Waals surface area contributed by atoms with Crippen LogP contribution in [0.25, 0.3) is 0 Å². The van der Waals surface area contributed by atoms with E-state index in [0.29, 0.717) is 29.7 Å². The molecule has 202 valence electrons. The Bertz CT molecular complexity index is 1450. The zero-order valence-electron chi connectivity index (χ0n) is 22.5. The van der Waals surface area contributed by atoms with Crippen LogP contribution < -0.4 is 10.1 Å². The standard InChI is InChI=1S/C32H33ClN2O3S/c1-32(2,3)23-12-15-26-28(17-23)39-31(29(26)30(36)34-19-25-8-6-16-37-25)35-18-21-10-13-24(14-11-21)38-20-22-7-4-5-9-27(22)33/h4-11,13-14,16,18,23H,12,15,17,19-20H2,1-3H3,(H,34,36)/t23-/m1/s1. The number of amides is 1. The molecular formula is C32H33ClN2O3S. The van der Waals surface area contributed by atoms with Crippen molar-refractivity contribution in [1.82, 2.24) is 5.32 Å². The van der Waals surface area contributed by atoms with Gasteiger partial charge in [-0.15, -0.1) is 11.3 Å². The number of nitrogens with zero attached hydrogens (tertiary/aromatic N) is 1. The average molecular weight is 561 g/mol. The van der Waals surface area contributed by atoms with Crippen LogP contribution >= 0.6 is 22.9 Å². The zero-order valence-corrected chi connectivity index (χ0v) is 24.1. The number of hydrogen-bond donors (Lipinski definition) is 1. The molecule has 0 saturated carbocycles. The number of thiophene rings is 1. The maximum atomic E-state index is 13.4. The van der Waals surface area contributed by atoms with Gasteiger partial charge >= 0.3 is 0 Å². The van der Waals surface area contributed by atoms with E-state index in [1.807, 2.05) is 66.9 Å². The minimum atomic E-state index is -0.103. The number of carbonyl (C=O) groups excluding carboxylic acids is 1. The predicted octanol–water partition coefficient (Wildman–Crippen LogP) is 8.41. The van der Waals surface area contributed by atoms with Gasteiger partial charge in [-0.2, -0.15) is 0 Å². The van der Waals surface area contributed by atoms with Gasteiger partial charge in [0.2, 0.25) is 0 Å². The maximum absolute atomic E-state index is 13.4. The van der Waals surface area contributed by atoms with E-state index in [-0.39, 0.29) is 11.3 Å². The van der Waals surface area contributed by atoms with Gasteiger partial charge in [-0.1, -0.05) is 50.6 Å². The highest BCUT2D eigenvalue weighted by Crippen LogP contribution is 2.45. The van der Waals surface area contributed by atoms with Crippen molar-refractivity contribution >= 4 is 40.1 Å². The van der Waals surface area contributed by atoms with Crippen molar-refractivity contribution in [1.29, 1.82) is 0 Å². The molecule has 1 aliphatic rings. The van der Waals surface area contributed by atoms with Crippen LogP contribution in [0.2, 0.25) is 5.02 Å². The second-order valence-corrected chi connectivity index (χ2v) is 12.4. The lowest BCUT2D eigenvalue weighted by atomic mass is 9.72. The van der Waals surface area contributed by atoms with E-state index in [4.69, 9.17) is 25.7 Å². The zero-order chi connectivity index (χ0) is 27.4. The van der Waals surface area contributed by atoms with Crippen LogP contribution in [0.15, 0.2) is 76.3 Å². The fourth-order valence-electron chi connectivity index (χ4n) is 4.86. The van der Waals surface area contributed by atoms with Gasteiger partial charge in [0, 0.05) is 21.7 Å². The van der Waals surface area contributed by atoms with Gasteiger partial charge in [0.25, 0.3) is 5.91 Å². The van der Waals surface area contributed by atoms with Crippen LogP contribution in [-0.2, 0) is 26.0 Å². The molecule has 1 aliphatic carbocycles. The lowest BCUT2D eigenvalue weighted by molar-refractivity contribution is 0.0947. The summed E-state index contributed by atoms with van der Waals surface area (Å²) in [6.45, 7) is 7.65. The lowest BCUT2D eigenvalue weighted by Crippen LogP contribution is -2.28. The van der Waals surface area contributed by atoms with Gasteiger partial charge < -0.3 is 14.5 Å².